The Morgan fingerprint density at radius 1 is 1.43 bits per heavy atom. The third-order valence-corrected chi connectivity index (χ3v) is 4.10. The monoisotopic (exact) mass is 350 g/mol. The number of nitrogens with one attached hydrogen (secondary N) is 1. The number of carbonyl (C=O) groups excluding carboxylic acids is 3. The summed E-state index contributed by atoms with van der Waals surface area (Å²) in [5.41, 5.74) is 2.39. The number of nitrogens with zero attached hydrogens (tertiary/aromatic N) is 3. The first-order chi connectivity index (χ1) is 10.6. The van der Waals surface area contributed by atoms with Crippen LogP contribution in [0.4, 0.5) is 4.79 Å². The van der Waals surface area contributed by atoms with Crippen molar-refractivity contribution >= 4 is 28.2 Å². The first kappa shape index (κ1) is 17.4. The molecule has 4 amide bonds. The second-order valence-electron chi connectivity index (χ2n) is 5.29. The normalized spacial score (nSPS) is 23.9. The summed E-state index contributed by atoms with van der Waals surface area (Å²) in [5.74, 6) is -0.842. The van der Waals surface area contributed by atoms with Crippen LogP contribution in [0.25, 0.3) is 0 Å². The standard InChI is InChI=1S/C11H18N4O7S/c1-3-9(16)13(2)12-10(17)8-5-4-7-6-14(8)11(18)15(7)22-23(19,20)21/h7-8H,3-6H2,1-2H3,(H,12,17)(H,19,20,21)/t7-,8+/m0/s1. The highest BCUT2D eigenvalue weighted by atomic mass is 32.3. The highest BCUT2D eigenvalue weighted by Gasteiger charge is 2.49. The van der Waals surface area contributed by atoms with Crippen molar-refractivity contribution in [3.05, 3.63) is 0 Å². The maximum atomic E-state index is 12.2. The number of hydroxylamine groups is 2. The third kappa shape index (κ3) is 3.71. The van der Waals surface area contributed by atoms with Gasteiger partial charge in [0.1, 0.15) is 6.04 Å². The summed E-state index contributed by atoms with van der Waals surface area (Å²) >= 11 is 0. The Labute approximate surface area is 133 Å². The fraction of sp³-hybridized carbons (Fsp3) is 0.727. The molecular formula is C11H18N4O7S. The molecule has 2 aliphatic rings. The van der Waals surface area contributed by atoms with Gasteiger partial charge in [-0.15, -0.1) is 4.28 Å². The topological polar surface area (TPSA) is 137 Å². The minimum absolute atomic E-state index is 0.0951. The van der Waals surface area contributed by atoms with Gasteiger partial charge in [0.2, 0.25) is 5.91 Å². The zero-order chi connectivity index (χ0) is 17.4. The predicted molar refractivity (Wildman–Crippen MR) is 74.6 cm³/mol. The highest BCUT2D eigenvalue weighted by Crippen LogP contribution is 2.30. The van der Waals surface area contributed by atoms with E-state index in [-0.39, 0.29) is 25.3 Å². The van der Waals surface area contributed by atoms with Crippen molar-refractivity contribution < 1.29 is 31.6 Å². The smallest absolute Gasteiger partial charge is 0.309 e. The molecule has 2 N–H and O–H groups in total. The maximum Gasteiger partial charge on any atom is 0.418 e. The van der Waals surface area contributed by atoms with Gasteiger partial charge in [-0.05, 0) is 12.8 Å². The molecule has 2 atom stereocenters. The minimum Gasteiger partial charge on any atom is -0.309 e. The molecule has 2 bridgehead atoms. The van der Waals surface area contributed by atoms with Gasteiger partial charge in [-0.25, -0.2) is 4.79 Å². The maximum absolute atomic E-state index is 12.2. The molecule has 0 radical (unpaired) electrons. The molecule has 0 unspecified atom stereocenters. The molecule has 2 saturated heterocycles. The summed E-state index contributed by atoms with van der Waals surface area (Å²) in [6.45, 7) is 1.74. The molecule has 23 heavy (non-hydrogen) atoms. The molecule has 2 aliphatic heterocycles. The lowest BCUT2D eigenvalue weighted by atomic mass is 10.0. The Kier molecular flexibility index (Phi) is 4.77. The Morgan fingerprint density at radius 3 is 2.65 bits per heavy atom. The Hall–Kier alpha value is -1.92. The fourth-order valence-electron chi connectivity index (χ4n) is 2.64. The number of piperidine rings is 1. The lowest BCUT2D eigenvalue weighted by molar-refractivity contribution is -0.141. The van der Waals surface area contributed by atoms with Gasteiger partial charge in [-0.2, -0.15) is 13.5 Å². The van der Waals surface area contributed by atoms with Crippen LogP contribution in [0.3, 0.4) is 0 Å². The van der Waals surface area contributed by atoms with Crippen LogP contribution in [-0.4, -0.2) is 71.5 Å². The molecule has 0 aliphatic carbocycles. The quantitative estimate of drug-likeness (QED) is 0.484. The van der Waals surface area contributed by atoms with Crippen molar-refractivity contribution in [2.45, 2.75) is 38.3 Å². The van der Waals surface area contributed by atoms with E-state index >= 15 is 0 Å². The van der Waals surface area contributed by atoms with Crippen LogP contribution in [0.15, 0.2) is 0 Å². The summed E-state index contributed by atoms with van der Waals surface area (Å²) in [7, 11) is -3.43. The fourth-order valence-corrected chi connectivity index (χ4v) is 3.03. The lowest BCUT2D eigenvalue weighted by Crippen LogP contribution is -2.54. The molecule has 2 heterocycles. The van der Waals surface area contributed by atoms with Crippen molar-refractivity contribution in [2.75, 3.05) is 13.6 Å². The first-order valence-corrected chi connectivity index (χ1v) is 8.34. The van der Waals surface area contributed by atoms with Gasteiger partial charge in [-0.1, -0.05) is 6.92 Å². The molecule has 0 aromatic rings. The Balaban J connectivity index is 2.06. The average Bonchev–Trinajstić information content (AvgIpc) is 2.70. The largest absolute Gasteiger partial charge is 0.418 e. The molecule has 0 spiro atoms. The number of hydrogen-bond acceptors (Lipinski definition) is 6. The van der Waals surface area contributed by atoms with Crippen molar-refractivity contribution in [2.24, 2.45) is 0 Å². The van der Waals surface area contributed by atoms with Crippen LogP contribution >= 0.6 is 0 Å². The number of fused-ring (bicyclic) bond motifs is 2. The van der Waals surface area contributed by atoms with Gasteiger partial charge in [0.05, 0.1) is 6.04 Å². The van der Waals surface area contributed by atoms with Gasteiger partial charge in [0.15, 0.2) is 0 Å². The van der Waals surface area contributed by atoms with Gasteiger partial charge in [-0.3, -0.25) is 24.6 Å². The number of rotatable bonds is 4. The van der Waals surface area contributed by atoms with Gasteiger partial charge >= 0.3 is 16.4 Å². The van der Waals surface area contributed by atoms with E-state index in [0.717, 1.165) is 9.91 Å². The van der Waals surface area contributed by atoms with Gasteiger partial charge in [0, 0.05) is 20.0 Å². The number of urea groups is 1. The van der Waals surface area contributed by atoms with E-state index in [4.69, 9.17) is 4.55 Å². The van der Waals surface area contributed by atoms with Gasteiger partial charge in [0.25, 0.3) is 5.91 Å². The van der Waals surface area contributed by atoms with Crippen LogP contribution in [0, 0.1) is 0 Å². The molecule has 0 aromatic carbocycles. The predicted octanol–water partition coefficient (Wildman–Crippen LogP) is -1.11. The van der Waals surface area contributed by atoms with E-state index in [1.165, 1.54) is 7.05 Å². The molecule has 2 fully saturated rings. The Morgan fingerprint density at radius 2 is 2.09 bits per heavy atom. The van der Waals surface area contributed by atoms with Gasteiger partial charge < -0.3 is 4.90 Å². The first-order valence-electron chi connectivity index (χ1n) is 6.98. The van der Waals surface area contributed by atoms with E-state index in [1.807, 2.05) is 0 Å². The van der Waals surface area contributed by atoms with Crippen molar-refractivity contribution in [3.8, 4) is 0 Å². The van der Waals surface area contributed by atoms with Crippen LogP contribution < -0.4 is 5.43 Å². The highest BCUT2D eigenvalue weighted by molar-refractivity contribution is 7.80. The molecular weight excluding hydrogens is 332 g/mol. The second-order valence-corrected chi connectivity index (χ2v) is 6.30. The minimum atomic E-state index is -4.83. The van der Waals surface area contributed by atoms with E-state index in [2.05, 4.69) is 9.71 Å². The molecule has 2 rings (SSSR count). The number of carbonyl (C=O) groups is 3. The lowest BCUT2D eigenvalue weighted by Gasteiger charge is -2.30. The number of amides is 4. The second kappa shape index (κ2) is 6.29. The van der Waals surface area contributed by atoms with Crippen molar-refractivity contribution in [1.82, 2.24) is 20.4 Å². The number of hydrogen-bond donors (Lipinski definition) is 2. The number of hydrazine groups is 1. The summed E-state index contributed by atoms with van der Waals surface area (Å²) in [6, 6.07) is -2.24. The van der Waals surface area contributed by atoms with E-state index < -0.39 is 34.4 Å². The molecule has 11 nitrogen and oxygen atoms in total. The van der Waals surface area contributed by atoms with Crippen LogP contribution in [0.1, 0.15) is 26.2 Å². The molecule has 0 aromatic heterocycles. The SMILES string of the molecule is CCC(=O)N(C)NC(=O)[C@H]1CC[C@H]2CN1C(=O)N2OS(=O)(=O)O. The molecule has 0 saturated carbocycles. The van der Waals surface area contributed by atoms with E-state index in [9.17, 15) is 22.8 Å². The van der Waals surface area contributed by atoms with Crippen LogP contribution in [0.2, 0.25) is 0 Å². The molecule has 130 valence electrons. The Bertz CT molecular complexity index is 622. The van der Waals surface area contributed by atoms with Crippen molar-refractivity contribution in [1.29, 1.82) is 0 Å². The average molecular weight is 350 g/mol. The van der Waals surface area contributed by atoms with Crippen molar-refractivity contribution in [3.63, 3.8) is 0 Å². The van der Waals surface area contributed by atoms with Crippen LogP contribution in [0.5, 0.6) is 0 Å². The van der Waals surface area contributed by atoms with E-state index in [1.54, 1.807) is 6.92 Å². The third-order valence-electron chi connectivity index (χ3n) is 3.75. The zero-order valence-electron chi connectivity index (χ0n) is 12.6. The van der Waals surface area contributed by atoms with Crippen LogP contribution in [-0.2, 0) is 24.3 Å². The summed E-state index contributed by atoms with van der Waals surface area (Å²) in [5, 5.41) is 1.60. The summed E-state index contributed by atoms with van der Waals surface area (Å²) < 4.78 is 34.6. The van der Waals surface area contributed by atoms with E-state index in [0.29, 0.717) is 11.5 Å². The summed E-state index contributed by atoms with van der Waals surface area (Å²) in [4.78, 5) is 37.0. The molecule has 12 heteroatoms. The summed E-state index contributed by atoms with van der Waals surface area (Å²) in [6.07, 6.45) is 0.811. The zero-order valence-corrected chi connectivity index (χ0v) is 13.4.